The van der Waals surface area contributed by atoms with Crippen LogP contribution < -0.4 is 20.7 Å². The number of benzene rings is 2. The predicted octanol–water partition coefficient (Wildman–Crippen LogP) is 5.67. The second-order valence-electron chi connectivity index (χ2n) is 9.95. The number of nitrogens with one attached hydrogen (secondary N) is 3. The van der Waals surface area contributed by atoms with Crippen molar-refractivity contribution in [2.45, 2.75) is 31.0 Å². The number of alkyl halides is 5. The number of hydrogen-bond donors (Lipinski definition) is 4. The van der Waals surface area contributed by atoms with Crippen molar-refractivity contribution in [2.75, 3.05) is 62.4 Å². The number of anilines is 3. The molecule has 3 aromatic rings. The number of thiophene rings is 1. The molecule has 7 nitrogen and oxygen atoms in total. The zero-order valence-electron chi connectivity index (χ0n) is 23.0. The van der Waals surface area contributed by atoms with Gasteiger partial charge in [-0.25, -0.2) is 13.2 Å². The largest absolute Gasteiger partial charge is 0.477 e. The Hall–Kier alpha value is -3.85. The lowest BCUT2D eigenvalue weighted by atomic mass is 10.0. The monoisotopic (exact) mass is 625 g/mol. The minimum absolute atomic E-state index is 0.0446. The number of likely N-dealkylation sites (tertiary alicyclic amines) is 1. The fourth-order valence-electron chi connectivity index (χ4n) is 4.75. The molecular formula is C29H29F6N5O2S. The quantitative estimate of drug-likeness (QED) is 0.171. The summed E-state index contributed by atoms with van der Waals surface area (Å²) in [6.45, 7) is -0.569. The number of aliphatic hydroxyl groups excluding tert-OH is 1. The molecule has 0 spiro atoms. The number of piperidine rings is 1. The molecule has 1 atom stereocenters. The molecule has 0 bridgehead atoms. The molecule has 1 aliphatic heterocycles. The van der Waals surface area contributed by atoms with Gasteiger partial charge in [0.15, 0.2) is 6.61 Å². The van der Waals surface area contributed by atoms with Gasteiger partial charge >= 0.3 is 6.18 Å². The summed E-state index contributed by atoms with van der Waals surface area (Å²) in [6, 6.07) is 7.67. The third-order valence-corrected chi connectivity index (χ3v) is 7.87. The van der Waals surface area contributed by atoms with Gasteiger partial charge in [-0.1, -0.05) is 24.0 Å². The fraction of sp³-hybridized carbons (Fsp3) is 0.414. The Balaban J connectivity index is 1.61. The molecule has 14 heteroatoms. The third kappa shape index (κ3) is 8.16. The maximum atomic E-state index is 14.7. The Bertz CT molecular complexity index is 1540. The van der Waals surface area contributed by atoms with Crippen molar-refractivity contribution >= 4 is 38.5 Å². The first-order valence-corrected chi connectivity index (χ1v) is 14.1. The van der Waals surface area contributed by atoms with E-state index in [0.717, 1.165) is 17.4 Å². The van der Waals surface area contributed by atoms with Gasteiger partial charge in [-0.3, -0.25) is 0 Å². The number of halogens is 6. The van der Waals surface area contributed by atoms with Gasteiger partial charge in [-0.15, -0.1) is 11.3 Å². The zero-order chi connectivity index (χ0) is 31.2. The van der Waals surface area contributed by atoms with Crippen LogP contribution in [-0.2, 0) is 6.42 Å². The van der Waals surface area contributed by atoms with Crippen LogP contribution in [0.2, 0.25) is 0 Å². The Kier molecular flexibility index (Phi) is 10.2. The lowest BCUT2D eigenvalue weighted by Gasteiger charge is -2.37. The van der Waals surface area contributed by atoms with Crippen molar-refractivity contribution in [3.8, 4) is 23.7 Å². The van der Waals surface area contributed by atoms with E-state index in [4.69, 9.17) is 15.1 Å². The third-order valence-electron chi connectivity index (χ3n) is 6.67. The Morgan fingerprint density at radius 2 is 1.98 bits per heavy atom. The second-order valence-corrected chi connectivity index (χ2v) is 11.0. The van der Waals surface area contributed by atoms with Crippen molar-refractivity contribution in [3.63, 3.8) is 0 Å². The van der Waals surface area contributed by atoms with Gasteiger partial charge < -0.3 is 30.7 Å². The molecule has 43 heavy (non-hydrogen) atoms. The van der Waals surface area contributed by atoms with E-state index in [9.17, 15) is 26.3 Å². The first-order valence-electron chi connectivity index (χ1n) is 13.3. The van der Waals surface area contributed by atoms with E-state index < -0.39 is 36.9 Å². The summed E-state index contributed by atoms with van der Waals surface area (Å²) < 4.78 is 90.5. The molecule has 1 aliphatic rings. The van der Waals surface area contributed by atoms with Crippen LogP contribution >= 0.6 is 11.3 Å². The van der Waals surface area contributed by atoms with Crippen LogP contribution in [0.1, 0.15) is 16.9 Å². The molecule has 2 aromatic carbocycles. The number of nitrogens with zero attached hydrogens (tertiary/aromatic N) is 2. The molecule has 4 N–H and O–H groups in total. The summed E-state index contributed by atoms with van der Waals surface area (Å²) in [7, 11) is 1.61. The molecule has 230 valence electrons. The van der Waals surface area contributed by atoms with Gasteiger partial charge in [-0.05, 0) is 30.5 Å². The molecule has 0 saturated carbocycles. The van der Waals surface area contributed by atoms with E-state index in [1.807, 2.05) is 6.07 Å². The summed E-state index contributed by atoms with van der Waals surface area (Å²) in [5.41, 5.74) is 0.468. The maximum absolute atomic E-state index is 14.7. The lowest BCUT2D eigenvalue weighted by Crippen LogP contribution is -2.53. The summed E-state index contributed by atoms with van der Waals surface area (Å²) in [5, 5.41) is 26.6. The van der Waals surface area contributed by atoms with E-state index in [-0.39, 0.29) is 65.7 Å². The minimum atomic E-state index is -4.54. The molecule has 2 heterocycles. The van der Waals surface area contributed by atoms with Crippen molar-refractivity contribution in [1.82, 2.24) is 4.90 Å². The number of rotatable bonds is 10. The van der Waals surface area contributed by atoms with Gasteiger partial charge in [0, 0.05) is 25.2 Å². The summed E-state index contributed by atoms with van der Waals surface area (Å²) in [5.74, 6) is 1.95. The first kappa shape index (κ1) is 32.1. The summed E-state index contributed by atoms with van der Waals surface area (Å²) in [6.07, 6.45) is -5.63. The highest BCUT2D eigenvalue weighted by Gasteiger charge is 2.44. The number of hydrogen-bond acceptors (Lipinski definition) is 8. The highest BCUT2D eigenvalue weighted by molar-refractivity contribution is 7.20. The predicted molar refractivity (Wildman–Crippen MR) is 155 cm³/mol. The van der Waals surface area contributed by atoms with Gasteiger partial charge in [0.2, 0.25) is 0 Å². The number of ether oxygens (including phenoxy) is 1. The molecule has 1 unspecified atom stereocenters. The highest BCUT2D eigenvalue weighted by Crippen LogP contribution is 2.40. The lowest BCUT2D eigenvalue weighted by molar-refractivity contribution is -0.126. The minimum Gasteiger partial charge on any atom is -0.477 e. The topological polar surface area (TPSA) is 92.6 Å². The molecule has 1 aromatic heterocycles. The van der Waals surface area contributed by atoms with Crippen LogP contribution in [0.3, 0.4) is 0 Å². The average Bonchev–Trinajstić information content (AvgIpc) is 3.27. The normalized spacial score (nSPS) is 16.7. The molecule has 0 amide bonds. The Labute approximate surface area is 248 Å². The van der Waals surface area contributed by atoms with Crippen molar-refractivity contribution < 1.29 is 36.2 Å². The SMILES string of the molecule is CN1CCC(Nc2cccc3c(CC(F)(F)F)c(C#CCNc4cc(F)c(NCCO)cc4OCC#N)sc23)C(F)(F)C1. The highest BCUT2D eigenvalue weighted by atomic mass is 32.1. The molecule has 0 aliphatic carbocycles. The van der Waals surface area contributed by atoms with E-state index in [1.54, 1.807) is 13.1 Å². The van der Waals surface area contributed by atoms with Gasteiger partial charge in [0.1, 0.15) is 17.6 Å². The summed E-state index contributed by atoms with van der Waals surface area (Å²) >= 11 is 0.984. The molecule has 4 rings (SSSR count). The van der Waals surface area contributed by atoms with Gasteiger partial charge in [0.05, 0.1) is 58.8 Å². The van der Waals surface area contributed by atoms with Crippen LogP contribution in [0.15, 0.2) is 30.3 Å². The van der Waals surface area contributed by atoms with Gasteiger partial charge in [-0.2, -0.15) is 18.4 Å². The molecule has 1 fully saturated rings. The molecule has 0 radical (unpaired) electrons. The van der Waals surface area contributed by atoms with E-state index in [0.29, 0.717) is 16.9 Å². The van der Waals surface area contributed by atoms with Crippen LogP contribution in [0.25, 0.3) is 10.1 Å². The van der Waals surface area contributed by atoms with E-state index in [1.165, 1.54) is 23.1 Å². The van der Waals surface area contributed by atoms with Crippen LogP contribution in [-0.4, -0.2) is 74.6 Å². The second kappa shape index (κ2) is 13.6. The van der Waals surface area contributed by atoms with Crippen molar-refractivity contribution in [3.05, 3.63) is 46.6 Å². The Morgan fingerprint density at radius 1 is 1.19 bits per heavy atom. The van der Waals surface area contributed by atoms with E-state index >= 15 is 0 Å². The van der Waals surface area contributed by atoms with Crippen LogP contribution in [0, 0.1) is 29.0 Å². The van der Waals surface area contributed by atoms with Crippen LogP contribution in [0.5, 0.6) is 5.75 Å². The number of nitriles is 1. The number of fused-ring (bicyclic) bond motifs is 1. The Morgan fingerprint density at radius 3 is 2.67 bits per heavy atom. The average molecular weight is 626 g/mol. The molecule has 1 saturated heterocycles. The fourth-order valence-corrected chi connectivity index (χ4v) is 5.92. The van der Waals surface area contributed by atoms with E-state index in [2.05, 4.69) is 27.8 Å². The molecular weight excluding hydrogens is 596 g/mol. The number of aliphatic hydroxyl groups is 1. The summed E-state index contributed by atoms with van der Waals surface area (Å²) in [4.78, 5) is 1.66. The maximum Gasteiger partial charge on any atom is 0.393 e. The van der Waals surface area contributed by atoms with Gasteiger partial charge in [0.25, 0.3) is 5.92 Å². The van der Waals surface area contributed by atoms with Crippen molar-refractivity contribution in [2.24, 2.45) is 0 Å². The standard InChI is InChI=1S/C29H29F6N5O2S/c1-40-11-7-26(28(31,32)17-40)39-21-5-2-4-18-19(16-29(33,34)35)25(43-27(18)21)6-3-9-37-23-14-20(30)22(38-10-12-41)15-24(23)42-13-8-36/h2,4-5,14-15,26,37-39,41H,7,9-13,16-17H2,1H3. The zero-order valence-corrected chi connectivity index (χ0v) is 23.9. The van der Waals surface area contributed by atoms with Crippen molar-refractivity contribution in [1.29, 1.82) is 5.26 Å². The van der Waals surface area contributed by atoms with Crippen LogP contribution in [0.4, 0.5) is 43.4 Å². The smallest absolute Gasteiger partial charge is 0.393 e. The first-order chi connectivity index (χ1) is 20.4.